The van der Waals surface area contributed by atoms with Crippen LogP contribution in [-0.2, 0) is 4.74 Å². The third kappa shape index (κ3) is 12.4. The highest BCUT2D eigenvalue weighted by Gasteiger charge is 2.01. The third-order valence-corrected chi connectivity index (χ3v) is 3.56. The van der Waals surface area contributed by atoms with E-state index < -0.39 is 0 Å². The molecule has 0 unspecified atom stereocenters. The quantitative estimate of drug-likeness (QED) is 0.455. The Hall–Kier alpha value is -0.0800. The summed E-state index contributed by atoms with van der Waals surface area (Å²) in [6.45, 7) is 11.2. The van der Waals surface area contributed by atoms with Crippen LogP contribution in [0.25, 0.3) is 0 Å². The summed E-state index contributed by atoms with van der Waals surface area (Å²) >= 11 is 0. The summed E-state index contributed by atoms with van der Waals surface area (Å²) in [4.78, 5) is 2.49. The molecule has 18 heavy (non-hydrogen) atoms. The summed E-state index contributed by atoms with van der Waals surface area (Å²) in [6, 6.07) is 0. The number of unbranched alkanes of at least 4 members (excludes halogenated alkanes) is 5. The predicted octanol–water partition coefficient (Wildman–Crippen LogP) is 4.34. The minimum absolute atomic E-state index is 0.864. The van der Waals surface area contributed by atoms with E-state index in [2.05, 4.69) is 25.7 Å². The predicted molar refractivity (Wildman–Crippen MR) is 81.1 cm³/mol. The molecule has 0 radical (unpaired) electrons. The number of ether oxygens (including phenoxy) is 1. The summed E-state index contributed by atoms with van der Waals surface area (Å²) in [6.07, 6.45) is 9.84. The van der Waals surface area contributed by atoms with E-state index in [0.29, 0.717) is 0 Å². The highest BCUT2D eigenvalue weighted by Crippen LogP contribution is 2.11. The summed E-state index contributed by atoms with van der Waals surface area (Å²) in [5.74, 6) is 0.879. The average Bonchev–Trinajstić information content (AvgIpc) is 2.35. The van der Waals surface area contributed by atoms with Crippen LogP contribution >= 0.6 is 0 Å². The molecule has 0 aromatic carbocycles. The largest absolute Gasteiger partial charge is 0.383 e. The second kappa shape index (κ2) is 13.4. The minimum Gasteiger partial charge on any atom is -0.383 e. The van der Waals surface area contributed by atoms with Crippen LogP contribution < -0.4 is 0 Å². The fraction of sp³-hybridized carbons (Fsp3) is 1.00. The van der Waals surface area contributed by atoms with Crippen molar-refractivity contribution in [2.45, 2.75) is 65.7 Å². The molecule has 0 saturated carbocycles. The molecule has 0 atom stereocenters. The fourth-order valence-corrected chi connectivity index (χ4v) is 2.24. The molecule has 0 aliphatic carbocycles. The molecule has 0 aromatic heterocycles. The second-order valence-electron chi connectivity index (χ2n) is 5.73. The molecule has 0 heterocycles. The number of rotatable bonds is 13. The molecule has 0 aliphatic heterocycles. The zero-order valence-electron chi connectivity index (χ0n) is 13.2. The van der Waals surface area contributed by atoms with Crippen molar-refractivity contribution in [2.24, 2.45) is 5.92 Å². The van der Waals surface area contributed by atoms with Gasteiger partial charge in [0.15, 0.2) is 0 Å². The molecule has 0 N–H and O–H groups in total. The summed E-state index contributed by atoms with van der Waals surface area (Å²) in [5, 5.41) is 0. The first-order valence-electron chi connectivity index (χ1n) is 7.92. The Kier molecular flexibility index (Phi) is 13.3. The van der Waals surface area contributed by atoms with Gasteiger partial charge in [-0.3, -0.25) is 0 Å². The zero-order chi connectivity index (χ0) is 13.6. The van der Waals surface area contributed by atoms with E-state index in [-0.39, 0.29) is 0 Å². The van der Waals surface area contributed by atoms with E-state index in [1.807, 2.05) is 0 Å². The standard InChI is InChI=1S/C16H35NO/c1-5-17(14-15-18-4)13-11-9-7-6-8-10-12-16(2)3/h16H,5-15H2,1-4H3. The number of hydrogen-bond acceptors (Lipinski definition) is 2. The SMILES string of the molecule is CCN(CCCCCCCCC(C)C)CCOC. The molecule has 2 nitrogen and oxygen atoms in total. The van der Waals surface area contributed by atoms with Crippen LogP contribution in [0.5, 0.6) is 0 Å². The van der Waals surface area contributed by atoms with E-state index in [1.165, 1.54) is 51.5 Å². The minimum atomic E-state index is 0.864. The normalized spacial score (nSPS) is 11.7. The van der Waals surface area contributed by atoms with Gasteiger partial charge in [0.05, 0.1) is 6.61 Å². The zero-order valence-corrected chi connectivity index (χ0v) is 13.2. The third-order valence-electron chi connectivity index (χ3n) is 3.56. The van der Waals surface area contributed by atoms with Gasteiger partial charge >= 0.3 is 0 Å². The van der Waals surface area contributed by atoms with Gasteiger partial charge < -0.3 is 9.64 Å². The Bertz CT molecular complexity index is 159. The van der Waals surface area contributed by atoms with Crippen molar-refractivity contribution in [3.05, 3.63) is 0 Å². The maximum Gasteiger partial charge on any atom is 0.0589 e. The highest BCUT2D eigenvalue weighted by molar-refractivity contribution is 4.56. The molecule has 0 saturated heterocycles. The van der Waals surface area contributed by atoms with Gasteiger partial charge in [0, 0.05) is 13.7 Å². The van der Waals surface area contributed by atoms with Crippen molar-refractivity contribution in [3.63, 3.8) is 0 Å². The molecular formula is C16H35NO. The van der Waals surface area contributed by atoms with Gasteiger partial charge in [-0.1, -0.05) is 59.3 Å². The Morgan fingerprint density at radius 1 is 0.889 bits per heavy atom. The molecular weight excluding hydrogens is 222 g/mol. The van der Waals surface area contributed by atoms with Gasteiger partial charge in [0.25, 0.3) is 0 Å². The van der Waals surface area contributed by atoms with Gasteiger partial charge in [0.1, 0.15) is 0 Å². The van der Waals surface area contributed by atoms with Crippen LogP contribution in [0.15, 0.2) is 0 Å². The van der Waals surface area contributed by atoms with Crippen LogP contribution in [0.2, 0.25) is 0 Å². The van der Waals surface area contributed by atoms with Gasteiger partial charge in [-0.05, 0) is 25.4 Å². The van der Waals surface area contributed by atoms with Gasteiger partial charge in [0.2, 0.25) is 0 Å². The van der Waals surface area contributed by atoms with Crippen molar-refractivity contribution in [1.82, 2.24) is 4.90 Å². The molecule has 0 aliphatic rings. The molecule has 0 spiro atoms. The first kappa shape index (κ1) is 17.9. The number of hydrogen-bond donors (Lipinski definition) is 0. The average molecular weight is 257 g/mol. The summed E-state index contributed by atoms with van der Waals surface area (Å²) < 4.78 is 5.12. The molecule has 0 aromatic rings. The van der Waals surface area contributed by atoms with Crippen LogP contribution in [0.3, 0.4) is 0 Å². The first-order valence-corrected chi connectivity index (χ1v) is 7.92. The fourth-order valence-electron chi connectivity index (χ4n) is 2.24. The van der Waals surface area contributed by atoms with Gasteiger partial charge in [-0.25, -0.2) is 0 Å². The number of methoxy groups -OCH3 is 1. The maximum absolute atomic E-state index is 5.12. The number of nitrogens with zero attached hydrogens (tertiary/aromatic N) is 1. The van der Waals surface area contributed by atoms with Crippen LogP contribution in [0, 0.1) is 5.92 Å². The second-order valence-corrected chi connectivity index (χ2v) is 5.73. The van der Waals surface area contributed by atoms with Crippen LogP contribution in [0.4, 0.5) is 0 Å². The Morgan fingerprint density at radius 3 is 2.06 bits per heavy atom. The van der Waals surface area contributed by atoms with Crippen molar-refractivity contribution in [2.75, 3.05) is 33.4 Å². The van der Waals surface area contributed by atoms with Gasteiger partial charge in [-0.2, -0.15) is 0 Å². The molecule has 110 valence electrons. The molecule has 0 fully saturated rings. The molecule has 0 amide bonds. The van der Waals surface area contributed by atoms with E-state index in [1.54, 1.807) is 7.11 Å². The van der Waals surface area contributed by atoms with E-state index in [0.717, 1.165) is 25.6 Å². The summed E-state index contributed by atoms with van der Waals surface area (Å²) in [7, 11) is 1.78. The van der Waals surface area contributed by atoms with Crippen molar-refractivity contribution >= 4 is 0 Å². The van der Waals surface area contributed by atoms with E-state index in [9.17, 15) is 0 Å². The highest BCUT2D eigenvalue weighted by atomic mass is 16.5. The van der Waals surface area contributed by atoms with Crippen LogP contribution in [-0.4, -0.2) is 38.3 Å². The van der Waals surface area contributed by atoms with Crippen molar-refractivity contribution in [1.29, 1.82) is 0 Å². The molecule has 0 bridgehead atoms. The molecule has 2 heteroatoms. The lowest BCUT2D eigenvalue weighted by atomic mass is 10.0. The topological polar surface area (TPSA) is 12.5 Å². The summed E-state index contributed by atoms with van der Waals surface area (Å²) in [5.41, 5.74) is 0. The van der Waals surface area contributed by atoms with E-state index in [4.69, 9.17) is 4.74 Å². The lowest BCUT2D eigenvalue weighted by Gasteiger charge is -2.19. The maximum atomic E-state index is 5.12. The lowest BCUT2D eigenvalue weighted by Crippen LogP contribution is -2.28. The van der Waals surface area contributed by atoms with E-state index >= 15 is 0 Å². The Morgan fingerprint density at radius 2 is 1.50 bits per heavy atom. The first-order chi connectivity index (χ1) is 8.70. The van der Waals surface area contributed by atoms with Crippen molar-refractivity contribution < 1.29 is 4.74 Å². The van der Waals surface area contributed by atoms with Crippen LogP contribution in [0.1, 0.15) is 65.7 Å². The van der Waals surface area contributed by atoms with Crippen molar-refractivity contribution in [3.8, 4) is 0 Å². The Labute approximate surface area is 115 Å². The smallest absolute Gasteiger partial charge is 0.0589 e. The van der Waals surface area contributed by atoms with Gasteiger partial charge in [-0.15, -0.1) is 0 Å². The number of likely N-dealkylation sites (N-methyl/N-ethyl adjacent to an activating group) is 1. The monoisotopic (exact) mass is 257 g/mol. The molecule has 0 rings (SSSR count). The lowest BCUT2D eigenvalue weighted by molar-refractivity contribution is 0.149. The Balaban J connectivity index is 3.22.